The zero-order valence-corrected chi connectivity index (χ0v) is 18.9. The van der Waals surface area contributed by atoms with Crippen LogP contribution in [0.5, 0.6) is 5.75 Å². The molecule has 0 saturated carbocycles. The topological polar surface area (TPSA) is 61.9 Å². The second-order valence-electron chi connectivity index (χ2n) is 9.20. The van der Waals surface area contributed by atoms with Gasteiger partial charge in [-0.25, -0.2) is 4.79 Å². The van der Waals surface area contributed by atoms with Crippen molar-refractivity contribution in [3.63, 3.8) is 0 Å². The van der Waals surface area contributed by atoms with E-state index in [0.717, 1.165) is 42.8 Å². The smallest absolute Gasteiger partial charge is 0.324 e. The molecule has 168 valence electrons. The summed E-state index contributed by atoms with van der Waals surface area (Å²) in [6.07, 6.45) is 9.65. The molecule has 6 nitrogen and oxygen atoms in total. The molecule has 1 aliphatic carbocycles. The molecule has 0 bridgehead atoms. The van der Waals surface area contributed by atoms with Gasteiger partial charge in [0.1, 0.15) is 11.9 Å². The number of allylic oxidation sites excluding steroid dienone is 1. The van der Waals surface area contributed by atoms with Crippen LogP contribution in [-0.4, -0.2) is 49.1 Å². The zero-order chi connectivity index (χ0) is 21.8. The first kappa shape index (κ1) is 21.7. The average molecular weight is 426 g/mol. The van der Waals surface area contributed by atoms with Gasteiger partial charge < -0.3 is 15.0 Å². The first-order valence-corrected chi connectivity index (χ1v) is 11.8. The molecule has 0 unspecified atom stereocenters. The molecule has 4 rings (SSSR count). The highest BCUT2D eigenvalue weighted by atomic mass is 16.5. The minimum atomic E-state index is -0.0400. The number of hydrogen-bond acceptors (Lipinski definition) is 3. The van der Waals surface area contributed by atoms with Crippen LogP contribution in [0.25, 0.3) is 0 Å². The van der Waals surface area contributed by atoms with E-state index in [-0.39, 0.29) is 24.0 Å². The Kier molecular flexibility index (Phi) is 6.83. The Labute approximate surface area is 185 Å². The molecule has 0 radical (unpaired) electrons. The summed E-state index contributed by atoms with van der Waals surface area (Å²) in [4.78, 5) is 29.6. The number of amides is 3. The van der Waals surface area contributed by atoms with E-state index in [0.29, 0.717) is 19.6 Å². The van der Waals surface area contributed by atoms with Crippen LogP contribution in [-0.2, 0) is 4.79 Å². The number of benzene rings is 1. The SMILES string of the molecule is Cc1ccc2c(c1)N(C(=O)N1CCC(C(=O)NCCC3=CCCCC3)CC1)C[C@H](C)O2. The quantitative estimate of drug-likeness (QED) is 0.727. The van der Waals surface area contributed by atoms with E-state index in [1.165, 1.54) is 31.3 Å². The van der Waals surface area contributed by atoms with Gasteiger partial charge in [0.25, 0.3) is 0 Å². The molecule has 3 amide bonds. The Morgan fingerprint density at radius 3 is 2.74 bits per heavy atom. The van der Waals surface area contributed by atoms with Gasteiger partial charge in [0.05, 0.1) is 12.2 Å². The van der Waals surface area contributed by atoms with Crippen molar-refractivity contribution in [1.29, 1.82) is 0 Å². The van der Waals surface area contributed by atoms with Gasteiger partial charge in [-0.15, -0.1) is 0 Å². The van der Waals surface area contributed by atoms with Crippen LogP contribution in [0.1, 0.15) is 57.4 Å². The van der Waals surface area contributed by atoms with Gasteiger partial charge in [0.2, 0.25) is 5.91 Å². The third-order valence-corrected chi connectivity index (χ3v) is 6.67. The van der Waals surface area contributed by atoms with Crippen molar-refractivity contribution < 1.29 is 14.3 Å². The third kappa shape index (κ3) is 5.23. The summed E-state index contributed by atoms with van der Waals surface area (Å²) < 4.78 is 5.92. The normalized spacial score (nSPS) is 21.7. The fourth-order valence-corrected chi connectivity index (χ4v) is 4.85. The van der Waals surface area contributed by atoms with Crippen molar-refractivity contribution in [2.45, 2.75) is 64.9 Å². The Morgan fingerprint density at radius 1 is 1.19 bits per heavy atom. The molecule has 6 heteroatoms. The lowest BCUT2D eigenvalue weighted by atomic mass is 9.95. The van der Waals surface area contributed by atoms with Crippen molar-refractivity contribution >= 4 is 17.6 Å². The highest BCUT2D eigenvalue weighted by molar-refractivity contribution is 5.94. The molecule has 2 aliphatic heterocycles. The number of carbonyl (C=O) groups excluding carboxylic acids is 2. The summed E-state index contributed by atoms with van der Waals surface area (Å²) >= 11 is 0. The van der Waals surface area contributed by atoms with Crippen molar-refractivity contribution in [3.05, 3.63) is 35.4 Å². The molecular formula is C25H35N3O3. The fraction of sp³-hybridized carbons (Fsp3) is 0.600. The molecule has 1 saturated heterocycles. The Balaban J connectivity index is 1.28. The van der Waals surface area contributed by atoms with Gasteiger partial charge in [-0.1, -0.05) is 17.7 Å². The lowest BCUT2D eigenvalue weighted by Crippen LogP contribution is -2.52. The Hall–Kier alpha value is -2.50. The van der Waals surface area contributed by atoms with Crippen molar-refractivity contribution in [1.82, 2.24) is 10.2 Å². The van der Waals surface area contributed by atoms with Crippen LogP contribution in [0.15, 0.2) is 29.8 Å². The fourth-order valence-electron chi connectivity index (χ4n) is 4.85. The lowest BCUT2D eigenvalue weighted by molar-refractivity contribution is -0.126. The van der Waals surface area contributed by atoms with E-state index in [4.69, 9.17) is 4.74 Å². The number of anilines is 1. The maximum absolute atomic E-state index is 13.3. The zero-order valence-electron chi connectivity index (χ0n) is 18.9. The number of aryl methyl sites for hydroxylation is 1. The van der Waals surface area contributed by atoms with Crippen LogP contribution >= 0.6 is 0 Å². The van der Waals surface area contributed by atoms with Gasteiger partial charge in [-0.2, -0.15) is 0 Å². The highest BCUT2D eigenvalue weighted by Gasteiger charge is 2.33. The number of fused-ring (bicyclic) bond motifs is 1. The second kappa shape index (κ2) is 9.75. The number of piperidine rings is 1. The van der Waals surface area contributed by atoms with E-state index < -0.39 is 0 Å². The molecule has 1 fully saturated rings. The third-order valence-electron chi connectivity index (χ3n) is 6.67. The lowest BCUT2D eigenvalue weighted by Gasteiger charge is -2.39. The van der Waals surface area contributed by atoms with Gasteiger partial charge >= 0.3 is 6.03 Å². The van der Waals surface area contributed by atoms with E-state index in [9.17, 15) is 9.59 Å². The number of carbonyl (C=O) groups is 2. The minimum Gasteiger partial charge on any atom is -0.487 e. The Morgan fingerprint density at radius 2 is 2.00 bits per heavy atom. The van der Waals surface area contributed by atoms with E-state index in [2.05, 4.69) is 11.4 Å². The van der Waals surface area contributed by atoms with Crippen molar-refractivity contribution in [2.24, 2.45) is 5.92 Å². The molecule has 0 spiro atoms. The summed E-state index contributed by atoms with van der Waals surface area (Å²) in [6.45, 7) is 6.53. The van der Waals surface area contributed by atoms with Crippen LogP contribution in [0.2, 0.25) is 0 Å². The van der Waals surface area contributed by atoms with Gasteiger partial charge in [-0.3, -0.25) is 9.69 Å². The standard InChI is InChI=1S/C25H35N3O3/c1-18-8-9-23-22(16-18)28(17-19(2)31-23)25(30)27-14-11-21(12-15-27)24(29)26-13-10-20-6-4-3-5-7-20/h6,8-9,16,19,21H,3-5,7,10-15,17H2,1-2H3,(H,26,29)/t19-/m0/s1. The van der Waals surface area contributed by atoms with Crippen LogP contribution in [0.3, 0.4) is 0 Å². The first-order chi connectivity index (χ1) is 15.0. The van der Waals surface area contributed by atoms with Crippen molar-refractivity contribution in [3.8, 4) is 5.75 Å². The first-order valence-electron chi connectivity index (χ1n) is 11.8. The number of rotatable bonds is 4. The summed E-state index contributed by atoms with van der Waals surface area (Å²) in [7, 11) is 0. The van der Waals surface area contributed by atoms with Gasteiger partial charge in [0.15, 0.2) is 0 Å². The molecule has 2 heterocycles. The van der Waals surface area contributed by atoms with Crippen LogP contribution < -0.4 is 15.0 Å². The predicted octanol–water partition coefficient (Wildman–Crippen LogP) is 4.42. The second-order valence-corrected chi connectivity index (χ2v) is 9.20. The average Bonchev–Trinajstić information content (AvgIpc) is 2.79. The van der Waals surface area contributed by atoms with Crippen molar-refractivity contribution in [2.75, 3.05) is 31.1 Å². The molecule has 31 heavy (non-hydrogen) atoms. The summed E-state index contributed by atoms with van der Waals surface area (Å²) in [5.74, 6) is 0.909. The van der Waals surface area contributed by atoms with Crippen LogP contribution in [0.4, 0.5) is 10.5 Å². The van der Waals surface area contributed by atoms with Crippen LogP contribution in [0, 0.1) is 12.8 Å². The molecule has 1 aromatic carbocycles. The number of nitrogens with zero attached hydrogens (tertiary/aromatic N) is 2. The van der Waals surface area contributed by atoms with Gasteiger partial charge in [-0.05, 0) is 76.5 Å². The van der Waals surface area contributed by atoms with E-state index in [1.54, 1.807) is 0 Å². The molecular weight excluding hydrogens is 390 g/mol. The number of ether oxygens (including phenoxy) is 1. The van der Waals surface area contributed by atoms with E-state index >= 15 is 0 Å². The largest absolute Gasteiger partial charge is 0.487 e. The maximum atomic E-state index is 13.3. The summed E-state index contributed by atoms with van der Waals surface area (Å²) in [6, 6.07) is 5.99. The summed E-state index contributed by atoms with van der Waals surface area (Å²) in [5.41, 5.74) is 3.44. The maximum Gasteiger partial charge on any atom is 0.324 e. The number of hydrogen-bond donors (Lipinski definition) is 1. The number of likely N-dealkylation sites (tertiary alicyclic amines) is 1. The molecule has 1 atom stereocenters. The molecule has 1 N–H and O–H groups in total. The number of nitrogens with one attached hydrogen (secondary N) is 1. The number of urea groups is 1. The van der Waals surface area contributed by atoms with Gasteiger partial charge in [0, 0.05) is 25.6 Å². The molecule has 0 aromatic heterocycles. The Bertz CT molecular complexity index is 842. The molecule has 1 aromatic rings. The summed E-state index contributed by atoms with van der Waals surface area (Å²) in [5, 5.41) is 3.12. The van der Waals surface area contributed by atoms with E-state index in [1.807, 2.05) is 41.8 Å². The highest BCUT2D eigenvalue weighted by Crippen LogP contribution is 2.35. The predicted molar refractivity (Wildman–Crippen MR) is 122 cm³/mol. The monoisotopic (exact) mass is 425 g/mol. The minimum absolute atomic E-state index is 0.00234. The molecule has 3 aliphatic rings.